The minimum absolute atomic E-state index is 0.379. The third-order valence-electron chi connectivity index (χ3n) is 3.67. The number of hydrogen-bond acceptors (Lipinski definition) is 1. The van der Waals surface area contributed by atoms with Crippen molar-refractivity contribution in [1.29, 1.82) is 0 Å². The second kappa shape index (κ2) is 6.75. The van der Waals surface area contributed by atoms with Gasteiger partial charge in [0.05, 0.1) is 0 Å². The molecule has 4 aromatic rings. The normalized spacial score (nSPS) is 10.1. The highest BCUT2D eigenvalue weighted by molar-refractivity contribution is 5.98. The molecular weight excluding hydrogens is 282 g/mol. The topological polar surface area (TPSA) is 43.1 Å². The Kier molecular flexibility index (Phi) is 4.34. The van der Waals surface area contributed by atoms with E-state index >= 15 is 0 Å². The fraction of sp³-hybridized carbons (Fsp3) is 0. The quantitative estimate of drug-likeness (QED) is 0.505. The van der Waals surface area contributed by atoms with Crippen molar-refractivity contribution in [3.05, 3.63) is 96.6 Å². The lowest BCUT2D eigenvalue weighted by Crippen LogP contribution is -2.09. The standard InChI is InChI=1S/C14H10.C7H7NO/c1-2-6-12-10-14-8-4-3-7-13(14)9-11(12)5-1;8-7(9)6-4-2-1-3-5-6/h1-10H;1-5H,(H2,8,9). The maximum atomic E-state index is 10.4. The molecule has 4 aromatic carbocycles. The van der Waals surface area contributed by atoms with Crippen molar-refractivity contribution in [3.8, 4) is 0 Å². The molecule has 23 heavy (non-hydrogen) atoms. The maximum Gasteiger partial charge on any atom is 0.248 e. The molecule has 0 radical (unpaired) electrons. The van der Waals surface area contributed by atoms with Gasteiger partial charge >= 0.3 is 0 Å². The van der Waals surface area contributed by atoms with E-state index in [1.807, 2.05) is 6.07 Å². The monoisotopic (exact) mass is 299 g/mol. The van der Waals surface area contributed by atoms with Gasteiger partial charge in [0.2, 0.25) is 5.91 Å². The molecule has 0 aliphatic heterocycles. The van der Waals surface area contributed by atoms with Crippen LogP contribution >= 0.6 is 0 Å². The van der Waals surface area contributed by atoms with E-state index in [1.165, 1.54) is 21.5 Å². The summed E-state index contributed by atoms with van der Waals surface area (Å²) in [5.74, 6) is -0.379. The van der Waals surface area contributed by atoms with Crippen LogP contribution in [0.1, 0.15) is 10.4 Å². The van der Waals surface area contributed by atoms with E-state index in [4.69, 9.17) is 5.73 Å². The summed E-state index contributed by atoms with van der Waals surface area (Å²) in [6.07, 6.45) is 0. The lowest BCUT2D eigenvalue weighted by Gasteiger charge is -2.00. The molecule has 0 atom stereocenters. The Morgan fingerprint density at radius 3 is 1.22 bits per heavy atom. The molecular formula is C21H17NO. The van der Waals surface area contributed by atoms with Crippen LogP contribution in [0.2, 0.25) is 0 Å². The maximum absolute atomic E-state index is 10.4. The Morgan fingerprint density at radius 2 is 0.913 bits per heavy atom. The molecule has 0 bridgehead atoms. The van der Waals surface area contributed by atoms with Crippen LogP contribution in [0.4, 0.5) is 0 Å². The first kappa shape index (κ1) is 14.8. The highest BCUT2D eigenvalue weighted by Gasteiger charge is 1.95. The number of carbonyl (C=O) groups excluding carboxylic acids is 1. The fourth-order valence-corrected chi connectivity index (χ4v) is 2.49. The van der Waals surface area contributed by atoms with Crippen molar-refractivity contribution in [2.45, 2.75) is 0 Å². The minimum Gasteiger partial charge on any atom is -0.366 e. The summed E-state index contributed by atoms with van der Waals surface area (Å²) in [7, 11) is 0. The Hall–Kier alpha value is -3.13. The number of fused-ring (bicyclic) bond motifs is 2. The SMILES string of the molecule is NC(=O)c1ccccc1.c1ccc2cc3ccccc3cc2c1. The van der Waals surface area contributed by atoms with Gasteiger partial charge in [0.25, 0.3) is 0 Å². The molecule has 0 heterocycles. The molecule has 0 aliphatic rings. The van der Waals surface area contributed by atoms with Gasteiger partial charge in [0, 0.05) is 5.56 Å². The van der Waals surface area contributed by atoms with Gasteiger partial charge in [0.15, 0.2) is 0 Å². The number of hydrogen-bond donors (Lipinski definition) is 1. The van der Waals surface area contributed by atoms with Gasteiger partial charge in [0.1, 0.15) is 0 Å². The predicted octanol–water partition coefficient (Wildman–Crippen LogP) is 4.78. The van der Waals surface area contributed by atoms with Crippen LogP contribution < -0.4 is 5.73 Å². The van der Waals surface area contributed by atoms with Crippen molar-refractivity contribution in [2.75, 3.05) is 0 Å². The molecule has 112 valence electrons. The fourth-order valence-electron chi connectivity index (χ4n) is 2.49. The van der Waals surface area contributed by atoms with Crippen molar-refractivity contribution in [1.82, 2.24) is 0 Å². The zero-order valence-electron chi connectivity index (χ0n) is 12.6. The van der Waals surface area contributed by atoms with Gasteiger partial charge in [-0.25, -0.2) is 0 Å². The van der Waals surface area contributed by atoms with Crippen LogP contribution in [0.5, 0.6) is 0 Å². The first-order valence-electron chi connectivity index (χ1n) is 7.46. The minimum atomic E-state index is -0.379. The summed E-state index contributed by atoms with van der Waals surface area (Å²) in [4.78, 5) is 10.4. The van der Waals surface area contributed by atoms with E-state index in [9.17, 15) is 4.79 Å². The summed E-state index contributed by atoms with van der Waals surface area (Å²) in [5, 5.41) is 5.25. The van der Waals surface area contributed by atoms with Crippen LogP contribution in [0.15, 0.2) is 91.0 Å². The van der Waals surface area contributed by atoms with Crippen LogP contribution in [0, 0.1) is 0 Å². The Morgan fingerprint density at radius 1 is 0.565 bits per heavy atom. The lowest BCUT2D eigenvalue weighted by molar-refractivity contribution is 0.100. The number of rotatable bonds is 1. The largest absolute Gasteiger partial charge is 0.366 e. The first-order chi connectivity index (χ1) is 11.2. The lowest BCUT2D eigenvalue weighted by atomic mass is 10.0. The molecule has 2 nitrogen and oxygen atoms in total. The molecule has 0 aliphatic carbocycles. The molecule has 2 N–H and O–H groups in total. The van der Waals surface area contributed by atoms with E-state index in [0.29, 0.717) is 5.56 Å². The van der Waals surface area contributed by atoms with Gasteiger partial charge in [-0.15, -0.1) is 0 Å². The average molecular weight is 299 g/mol. The summed E-state index contributed by atoms with van der Waals surface area (Å²) >= 11 is 0. The van der Waals surface area contributed by atoms with Gasteiger partial charge in [-0.05, 0) is 45.8 Å². The van der Waals surface area contributed by atoms with Gasteiger partial charge in [-0.1, -0.05) is 66.7 Å². The Balaban J connectivity index is 0.000000151. The zero-order valence-corrected chi connectivity index (χ0v) is 12.6. The molecule has 0 aromatic heterocycles. The van der Waals surface area contributed by atoms with Gasteiger partial charge < -0.3 is 5.73 Å². The van der Waals surface area contributed by atoms with Crippen LogP contribution in [0.3, 0.4) is 0 Å². The second-order valence-electron chi connectivity index (χ2n) is 5.28. The molecule has 0 unspecified atom stereocenters. The highest BCUT2D eigenvalue weighted by Crippen LogP contribution is 2.21. The first-order valence-corrected chi connectivity index (χ1v) is 7.46. The summed E-state index contributed by atoms with van der Waals surface area (Å²) < 4.78 is 0. The van der Waals surface area contributed by atoms with Gasteiger partial charge in [-0.2, -0.15) is 0 Å². The third-order valence-corrected chi connectivity index (χ3v) is 3.67. The van der Waals surface area contributed by atoms with Crippen LogP contribution in [-0.4, -0.2) is 5.91 Å². The second-order valence-corrected chi connectivity index (χ2v) is 5.28. The Labute approximate surface area is 135 Å². The summed E-state index contributed by atoms with van der Waals surface area (Å²) in [6.45, 7) is 0. The third kappa shape index (κ3) is 3.55. The van der Waals surface area contributed by atoms with E-state index in [1.54, 1.807) is 24.3 Å². The van der Waals surface area contributed by atoms with E-state index in [0.717, 1.165) is 0 Å². The van der Waals surface area contributed by atoms with Crippen LogP contribution in [-0.2, 0) is 0 Å². The number of carbonyl (C=O) groups is 1. The summed E-state index contributed by atoms with van der Waals surface area (Å²) in [6, 6.07) is 30.2. The molecule has 4 rings (SSSR count). The van der Waals surface area contributed by atoms with Crippen LogP contribution in [0.25, 0.3) is 21.5 Å². The Bertz CT molecular complexity index is 840. The number of amides is 1. The highest BCUT2D eigenvalue weighted by atomic mass is 16.1. The van der Waals surface area contributed by atoms with E-state index in [-0.39, 0.29) is 5.91 Å². The van der Waals surface area contributed by atoms with Crippen molar-refractivity contribution in [2.24, 2.45) is 5.73 Å². The number of primary amides is 1. The van der Waals surface area contributed by atoms with E-state index < -0.39 is 0 Å². The predicted molar refractivity (Wildman–Crippen MR) is 96.4 cm³/mol. The number of benzene rings is 4. The van der Waals surface area contributed by atoms with Crippen molar-refractivity contribution in [3.63, 3.8) is 0 Å². The molecule has 0 spiro atoms. The van der Waals surface area contributed by atoms with Crippen molar-refractivity contribution < 1.29 is 4.79 Å². The smallest absolute Gasteiger partial charge is 0.248 e. The van der Waals surface area contributed by atoms with E-state index in [2.05, 4.69) is 60.7 Å². The number of nitrogens with two attached hydrogens (primary N) is 1. The average Bonchev–Trinajstić information content (AvgIpc) is 2.61. The summed E-state index contributed by atoms with van der Waals surface area (Å²) in [5.41, 5.74) is 5.53. The van der Waals surface area contributed by atoms with Gasteiger partial charge in [-0.3, -0.25) is 4.79 Å². The molecule has 0 fully saturated rings. The molecule has 0 saturated heterocycles. The zero-order chi connectivity index (χ0) is 16.1. The van der Waals surface area contributed by atoms with Crippen molar-refractivity contribution >= 4 is 27.5 Å². The molecule has 2 heteroatoms. The molecule has 0 saturated carbocycles. The molecule has 1 amide bonds.